The molecule has 1 heterocycles. The summed E-state index contributed by atoms with van der Waals surface area (Å²) in [6.45, 7) is 4.69. The Kier molecular flexibility index (Phi) is 4.32. The number of nitro groups is 1. The molecular weight excluding hydrogens is 272 g/mol. The smallest absolute Gasteiger partial charge is 0.347 e. The normalized spacial score (nSPS) is 10.4. The molecule has 110 valence electrons. The lowest BCUT2D eigenvalue weighted by Crippen LogP contribution is -2.23. The first-order chi connectivity index (χ1) is 10.0. The van der Waals surface area contributed by atoms with Gasteiger partial charge in [-0.1, -0.05) is 0 Å². The van der Waals surface area contributed by atoms with Crippen LogP contribution >= 0.6 is 0 Å². The summed E-state index contributed by atoms with van der Waals surface area (Å²) in [7, 11) is 0. The summed E-state index contributed by atoms with van der Waals surface area (Å²) >= 11 is 0. The zero-order chi connectivity index (χ0) is 15.4. The molecular formula is C14H16N4O3. The molecule has 21 heavy (non-hydrogen) atoms. The number of nitrogens with one attached hydrogen (secondary N) is 1. The molecule has 0 bridgehead atoms. The van der Waals surface area contributed by atoms with E-state index in [2.05, 4.69) is 10.3 Å². The summed E-state index contributed by atoms with van der Waals surface area (Å²) in [4.78, 5) is 26.0. The van der Waals surface area contributed by atoms with Crippen molar-refractivity contribution in [3.8, 4) is 0 Å². The number of nitrogens with zero attached hydrogens (tertiary/aromatic N) is 3. The van der Waals surface area contributed by atoms with E-state index in [9.17, 15) is 14.9 Å². The van der Waals surface area contributed by atoms with E-state index in [1.807, 2.05) is 13.8 Å². The Morgan fingerprint density at radius 2 is 2.19 bits per heavy atom. The largest absolute Gasteiger partial charge is 0.385 e. The fourth-order valence-electron chi connectivity index (χ4n) is 2.05. The summed E-state index contributed by atoms with van der Waals surface area (Å²) < 4.78 is 1.44. The Morgan fingerprint density at radius 1 is 1.43 bits per heavy atom. The van der Waals surface area contributed by atoms with Crippen LogP contribution in [0.3, 0.4) is 0 Å². The van der Waals surface area contributed by atoms with Gasteiger partial charge in [0.25, 0.3) is 5.69 Å². The molecule has 2 aromatic rings. The Hall–Kier alpha value is -2.70. The summed E-state index contributed by atoms with van der Waals surface area (Å²) in [6.07, 6.45) is 3.18. The van der Waals surface area contributed by atoms with Crippen molar-refractivity contribution in [3.05, 3.63) is 62.3 Å². The van der Waals surface area contributed by atoms with E-state index in [0.717, 1.165) is 11.3 Å². The van der Waals surface area contributed by atoms with Gasteiger partial charge in [0.15, 0.2) is 0 Å². The van der Waals surface area contributed by atoms with Gasteiger partial charge < -0.3 is 5.32 Å². The highest BCUT2D eigenvalue weighted by Crippen LogP contribution is 2.22. The summed E-state index contributed by atoms with van der Waals surface area (Å²) in [6, 6.07) is 4.58. The maximum Gasteiger partial charge on any atom is 0.347 e. The van der Waals surface area contributed by atoms with Crippen molar-refractivity contribution in [2.24, 2.45) is 0 Å². The quantitative estimate of drug-likeness (QED) is 0.670. The first-order valence-electron chi connectivity index (χ1n) is 6.55. The lowest BCUT2D eigenvalue weighted by atomic mass is 10.1. The van der Waals surface area contributed by atoms with Crippen LogP contribution in [0.4, 0.5) is 11.4 Å². The summed E-state index contributed by atoms with van der Waals surface area (Å²) in [5.74, 6) is 0. The van der Waals surface area contributed by atoms with Crippen molar-refractivity contribution >= 4 is 11.4 Å². The second-order valence-corrected chi connectivity index (χ2v) is 4.67. The average Bonchev–Trinajstić information content (AvgIpc) is 2.44. The van der Waals surface area contributed by atoms with E-state index in [4.69, 9.17) is 0 Å². The van der Waals surface area contributed by atoms with Crippen LogP contribution in [0.5, 0.6) is 0 Å². The lowest BCUT2D eigenvalue weighted by molar-refractivity contribution is -0.384. The van der Waals surface area contributed by atoms with Crippen molar-refractivity contribution in [1.29, 1.82) is 0 Å². The number of aryl methyl sites for hydroxylation is 1. The molecule has 0 saturated heterocycles. The van der Waals surface area contributed by atoms with Crippen molar-refractivity contribution in [3.63, 3.8) is 0 Å². The second kappa shape index (κ2) is 6.17. The van der Waals surface area contributed by atoms with Gasteiger partial charge in [-0.15, -0.1) is 0 Å². The van der Waals surface area contributed by atoms with Crippen LogP contribution in [0.2, 0.25) is 0 Å². The van der Waals surface area contributed by atoms with Crippen LogP contribution < -0.4 is 11.0 Å². The van der Waals surface area contributed by atoms with E-state index >= 15 is 0 Å². The maximum absolute atomic E-state index is 11.8. The minimum absolute atomic E-state index is 0.000291. The van der Waals surface area contributed by atoms with Gasteiger partial charge >= 0.3 is 5.69 Å². The third-order valence-electron chi connectivity index (χ3n) is 2.99. The fraction of sp³-hybridized carbons (Fsp3) is 0.286. The summed E-state index contributed by atoms with van der Waals surface area (Å²) in [5.41, 5.74) is 1.93. The monoisotopic (exact) mass is 288 g/mol. The molecule has 0 aliphatic heterocycles. The van der Waals surface area contributed by atoms with Gasteiger partial charge in [-0.3, -0.25) is 14.7 Å². The zero-order valence-corrected chi connectivity index (χ0v) is 11.9. The highest BCUT2D eigenvalue weighted by molar-refractivity contribution is 5.56. The zero-order valence-electron chi connectivity index (χ0n) is 11.9. The predicted octanol–water partition coefficient (Wildman–Crippen LogP) is 1.94. The van der Waals surface area contributed by atoms with Gasteiger partial charge in [0.1, 0.15) is 0 Å². The molecule has 0 amide bonds. The molecule has 7 nitrogen and oxygen atoms in total. The van der Waals surface area contributed by atoms with E-state index < -0.39 is 4.92 Å². The number of hydrogen-bond donors (Lipinski definition) is 1. The molecule has 7 heteroatoms. The highest BCUT2D eigenvalue weighted by atomic mass is 16.6. The van der Waals surface area contributed by atoms with Crippen molar-refractivity contribution in [2.75, 3.05) is 11.9 Å². The van der Waals surface area contributed by atoms with Crippen LogP contribution in [-0.2, 0) is 6.54 Å². The second-order valence-electron chi connectivity index (χ2n) is 4.67. The number of anilines is 1. The molecule has 0 unspecified atom stereocenters. The molecule has 0 spiro atoms. The van der Waals surface area contributed by atoms with Gasteiger partial charge in [-0.2, -0.15) is 0 Å². The first kappa shape index (κ1) is 14.7. The van der Waals surface area contributed by atoms with Crippen LogP contribution in [0.1, 0.15) is 18.1 Å². The minimum atomic E-state index is -0.448. The minimum Gasteiger partial charge on any atom is -0.385 e. The molecule has 0 saturated carbocycles. The van der Waals surface area contributed by atoms with E-state index in [1.54, 1.807) is 12.3 Å². The molecule has 1 aromatic carbocycles. The van der Waals surface area contributed by atoms with Gasteiger partial charge in [-0.25, -0.2) is 9.78 Å². The Labute approximate surface area is 121 Å². The Morgan fingerprint density at radius 3 is 2.86 bits per heavy atom. The fourth-order valence-corrected chi connectivity index (χ4v) is 2.05. The third kappa shape index (κ3) is 3.44. The molecule has 0 radical (unpaired) electrons. The van der Waals surface area contributed by atoms with Gasteiger partial charge in [0.2, 0.25) is 0 Å². The van der Waals surface area contributed by atoms with Crippen molar-refractivity contribution in [2.45, 2.75) is 20.4 Å². The lowest BCUT2D eigenvalue weighted by Gasteiger charge is -2.12. The Bertz CT molecular complexity index is 724. The molecule has 0 atom stereocenters. The molecule has 2 rings (SSSR count). The Balaban J connectivity index is 2.45. The van der Waals surface area contributed by atoms with Crippen LogP contribution in [0.25, 0.3) is 0 Å². The maximum atomic E-state index is 11.8. The number of rotatable bonds is 5. The van der Waals surface area contributed by atoms with Crippen LogP contribution in [0.15, 0.2) is 35.4 Å². The number of benzene rings is 1. The molecule has 0 fully saturated rings. The van der Waals surface area contributed by atoms with E-state index in [1.165, 1.54) is 22.9 Å². The summed E-state index contributed by atoms with van der Waals surface area (Å²) in [5, 5.41) is 14.0. The predicted molar refractivity (Wildman–Crippen MR) is 79.6 cm³/mol. The van der Waals surface area contributed by atoms with E-state index in [-0.39, 0.29) is 17.9 Å². The molecule has 1 aromatic heterocycles. The SMILES string of the molecule is CCNc1ccc([N+](=O)[O-])cc1Cn1cc(C)cnc1=O. The van der Waals surface area contributed by atoms with Crippen molar-refractivity contribution in [1.82, 2.24) is 9.55 Å². The highest BCUT2D eigenvalue weighted by Gasteiger charge is 2.11. The number of hydrogen-bond acceptors (Lipinski definition) is 5. The standard InChI is InChI=1S/C14H16N4O3/c1-3-15-13-5-4-12(18(20)21)6-11(13)9-17-8-10(2)7-16-14(17)19/h4-8,15H,3,9H2,1-2H3. The average molecular weight is 288 g/mol. The molecule has 0 aliphatic carbocycles. The van der Waals surface area contributed by atoms with Crippen LogP contribution in [-0.4, -0.2) is 21.0 Å². The topological polar surface area (TPSA) is 90.1 Å². The van der Waals surface area contributed by atoms with Gasteiger partial charge in [0, 0.05) is 42.3 Å². The number of non-ortho nitro benzene ring substituents is 1. The van der Waals surface area contributed by atoms with Crippen LogP contribution in [0, 0.1) is 17.0 Å². The van der Waals surface area contributed by atoms with Crippen molar-refractivity contribution < 1.29 is 4.92 Å². The molecule has 1 N–H and O–H groups in total. The van der Waals surface area contributed by atoms with E-state index in [0.29, 0.717) is 12.1 Å². The van der Waals surface area contributed by atoms with Gasteiger partial charge in [-0.05, 0) is 25.5 Å². The third-order valence-corrected chi connectivity index (χ3v) is 2.99. The number of aromatic nitrogens is 2. The van der Waals surface area contributed by atoms with Gasteiger partial charge in [0.05, 0.1) is 11.5 Å². The first-order valence-corrected chi connectivity index (χ1v) is 6.55. The number of nitro benzene ring substituents is 1. The molecule has 0 aliphatic rings.